The molecule has 2 aliphatic rings. The van der Waals surface area contributed by atoms with Crippen LogP contribution in [0.25, 0.3) is 0 Å². The van der Waals surface area contributed by atoms with Gasteiger partial charge in [0.2, 0.25) is 0 Å². The Labute approximate surface area is 150 Å². The summed E-state index contributed by atoms with van der Waals surface area (Å²) in [4.78, 5) is 0.969. The summed E-state index contributed by atoms with van der Waals surface area (Å²) in [6.07, 6.45) is -3.68. The minimum Gasteiger partial charge on any atom is -0.387 e. The van der Waals surface area contributed by atoms with Crippen LogP contribution in [0, 0.1) is 0 Å². The second-order valence-corrected chi connectivity index (χ2v) is 7.30. The van der Waals surface area contributed by atoms with Crippen LogP contribution in [-0.4, -0.2) is 46.7 Å². The molecule has 2 aliphatic heterocycles. The molecule has 0 bridgehead atoms. The van der Waals surface area contributed by atoms with Crippen LogP contribution in [0.4, 0.5) is 0 Å². The van der Waals surface area contributed by atoms with Gasteiger partial charge in [-0.05, 0) is 12.1 Å². The van der Waals surface area contributed by atoms with E-state index in [9.17, 15) is 10.2 Å². The second-order valence-electron chi connectivity index (χ2n) is 6.13. The molecule has 2 aromatic rings. The van der Waals surface area contributed by atoms with E-state index in [1.165, 1.54) is 11.8 Å². The van der Waals surface area contributed by atoms with Gasteiger partial charge in [-0.25, -0.2) is 0 Å². The van der Waals surface area contributed by atoms with Gasteiger partial charge < -0.3 is 24.4 Å². The van der Waals surface area contributed by atoms with Gasteiger partial charge in [0.05, 0.1) is 6.61 Å². The number of aliphatic hydroxyl groups excluding tert-OH is 2. The Hall–Kier alpha value is -1.41. The Morgan fingerprint density at radius 1 is 0.840 bits per heavy atom. The predicted molar refractivity (Wildman–Crippen MR) is 93.0 cm³/mol. The van der Waals surface area contributed by atoms with Gasteiger partial charge in [0.15, 0.2) is 6.29 Å². The van der Waals surface area contributed by atoms with Crippen LogP contribution in [0.1, 0.15) is 11.9 Å². The maximum absolute atomic E-state index is 10.6. The lowest BCUT2D eigenvalue weighted by Gasteiger charge is -2.46. The van der Waals surface area contributed by atoms with Gasteiger partial charge in [0, 0.05) is 10.5 Å². The third-order valence-electron chi connectivity index (χ3n) is 4.40. The van der Waals surface area contributed by atoms with Gasteiger partial charge in [-0.15, -0.1) is 0 Å². The molecule has 2 aromatic carbocycles. The standard InChI is InChI=1S/C19H20O5S/c20-15-16(21)19(25-13-9-5-2-6-10-13)23-14-11-22-18(24-17(14)15)12-7-3-1-4-8-12/h1-10,14-21H,11H2/t14-,15-,16-,17-,18+,19+/m1/s1. The third kappa shape index (κ3) is 3.60. The minimum atomic E-state index is -1.04. The maximum Gasteiger partial charge on any atom is 0.184 e. The SMILES string of the molecule is O[C@@H]1[C@@H](O)[C@H](Sc2ccccc2)O[C@@H]2CO[C@H](c3ccccc3)O[C@@H]12. The monoisotopic (exact) mass is 360 g/mol. The number of rotatable bonds is 3. The molecule has 4 rings (SSSR count). The lowest BCUT2D eigenvalue weighted by molar-refractivity contribution is -0.318. The van der Waals surface area contributed by atoms with E-state index in [0.29, 0.717) is 6.61 Å². The molecule has 0 unspecified atom stereocenters. The predicted octanol–water partition coefficient (Wildman–Crippen LogP) is 2.34. The van der Waals surface area contributed by atoms with Gasteiger partial charge in [0.25, 0.3) is 0 Å². The summed E-state index contributed by atoms with van der Waals surface area (Å²) >= 11 is 1.39. The number of fused-ring (bicyclic) bond motifs is 1. The van der Waals surface area contributed by atoms with Crippen molar-refractivity contribution >= 4 is 11.8 Å². The number of ether oxygens (including phenoxy) is 3. The van der Waals surface area contributed by atoms with Crippen LogP contribution in [0.5, 0.6) is 0 Å². The van der Waals surface area contributed by atoms with Crippen molar-refractivity contribution < 1.29 is 24.4 Å². The van der Waals surface area contributed by atoms with Crippen molar-refractivity contribution in [1.29, 1.82) is 0 Å². The maximum atomic E-state index is 10.6. The van der Waals surface area contributed by atoms with Crippen LogP contribution in [0.15, 0.2) is 65.6 Å². The topological polar surface area (TPSA) is 68.2 Å². The highest BCUT2D eigenvalue weighted by Crippen LogP contribution is 2.38. The van der Waals surface area contributed by atoms with Crippen LogP contribution >= 0.6 is 11.8 Å². The number of hydrogen-bond acceptors (Lipinski definition) is 6. The molecule has 132 valence electrons. The molecule has 0 aromatic heterocycles. The number of thioether (sulfide) groups is 1. The van der Waals surface area contributed by atoms with Crippen molar-refractivity contribution in [2.45, 2.75) is 41.0 Å². The zero-order valence-corrected chi connectivity index (χ0v) is 14.3. The average molecular weight is 360 g/mol. The van der Waals surface area contributed by atoms with Crippen LogP contribution in [-0.2, 0) is 14.2 Å². The van der Waals surface area contributed by atoms with E-state index in [2.05, 4.69) is 0 Å². The van der Waals surface area contributed by atoms with Crippen LogP contribution in [0.2, 0.25) is 0 Å². The molecular formula is C19H20O5S. The molecule has 2 saturated heterocycles. The Morgan fingerprint density at radius 3 is 2.24 bits per heavy atom. The molecule has 2 N–H and O–H groups in total. The second kappa shape index (κ2) is 7.45. The number of benzene rings is 2. The molecule has 5 nitrogen and oxygen atoms in total. The van der Waals surface area contributed by atoms with E-state index in [4.69, 9.17) is 14.2 Å². The molecule has 0 amide bonds. The summed E-state index contributed by atoms with van der Waals surface area (Å²) in [7, 11) is 0. The Bertz CT molecular complexity index is 681. The lowest BCUT2D eigenvalue weighted by atomic mass is 9.99. The lowest BCUT2D eigenvalue weighted by Crippen LogP contribution is -2.60. The van der Waals surface area contributed by atoms with Crippen molar-refractivity contribution in [3.8, 4) is 0 Å². The Morgan fingerprint density at radius 2 is 1.52 bits per heavy atom. The van der Waals surface area contributed by atoms with Crippen molar-refractivity contribution in [1.82, 2.24) is 0 Å². The van der Waals surface area contributed by atoms with Crippen LogP contribution < -0.4 is 0 Å². The largest absolute Gasteiger partial charge is 0.387 e. The van der Waals surface area contributed by atoms with Gasteiger partial charge in [-0.3, -0.25) is 0 Å². The summed E-state index contributed by atoms with van der Waals surface area (Å²) in [6, 6.07) is 19.2. The van der Waals surface area contributed by atoms with Gasteiger partial charge in [-0.2, -0.15) is 0 Å². The normalized spacial score (nSPS) is 35.1. The molecule has 0 saturated carbocycles. The fourth-order valence-corrected chi connectivity index (χ4v) is 4.17. The molecule has 25 heavy (non-hydrogen) atoms. The number of aliphatic hydroxyl groups is 2. The zero-order chi connectivity index (χ0) is 17.2. The first kappa shape index (κ1) is 17.0. The van der Waals surface area contributed by atoms with E-state index < -0.39 is 36.1 Å². The van der Waals surface area contributed by atoms with Crippen molar-refractivity contribution in [2.24, 2.45) is 0 Å². The first-order valence-corrected chi connectivity index (χ1v) is 9.15. The van der Waals surface area contributed by atoms with Crippen LogP contribution in [0.3, 0.4) is 0 Å². The van der Waals surface area contributed by atoms with Gasteiger partial charge in [-0.1, -0.05) is 60.3 Å². The van der Waals surface area contributed by atoms with E-state index in [1.54, 1.807) is 0 Å². The summed E-state index contributed by atoms with van der Waals surface area (Å²) in [6.45, 7) is 0.305. The summed E-state index contributed by atoms with van der Waals surface area (Å²) < 4.78 is 17.6. The molecule has 6 atom stereocenters. The van der Waals surface area contributed by atoms with E-state index in [-0.39, 0.29) is 0 Å². The molecule has 2 fully saturated rings. The fraction of sp³-hybridized carbons (Fsp3) is 0.368. The fourth-order valence-electron chi connectivity index (χ4n) is 3.09. The van der Waals surface area contributed by atoms with Gasteiger partial charge in [0.1, 0.15) is 29.9 Å². The first-order valence-electron chi connectivity index (χ1n) is 8.28. The summed E-state index contributed by atoms with van der Waals surface area (Å²) in [5.41, 5.74) is 0.308. The molecule has 6 heteroatoms. The smallest absolute Gasteiger partial charge is 0.184 e. The van der Waals surface area contributed by atoms with Gasteiger partial charge >= 0.3 is 0 Å². The van der Waals surface area contributed by atoms with Crippen molar-refractivity contribution in [2.75, 3.05) is 6.61 Å². The zero-order valence-electron chi connectivity index (χ0n) is 13.5. The van der Waals surface area contributed by atoms with Crippen molar-refractivity contribution in [3.63, 3.8) is 0 Å². The highest BCUT2D eigenvalue weighted by atomic mass is 32.2. The number of hydrogen-bond donors (Lipinski definition) is 2. The highest BCUT2D eigenvalue weighted by Gasteiger charge is 2.49. The quantitative estimate of drug-likeness (QED) is 0.876. The average Bonchev–Trinajstić information content (AvgIpc) is 2.67. The highest BCUT2D eigenvalue weighted by molar-refractivity contribution is 7.99. The Balaban J connectivity index is 1.46. The summed E-state index contributed by atoms with van der Waals surface area (Å²) in [5, 5.41) is 21.0. The molecule has 0 spiro atoms. The summed E-state index contributed by atoms with van der Waals surface area (Å²) in [5.74, 6) is 0. The van der Waals surface area contributed by atoms with E-state index in [0.717, 1.165) is 10.5 Å². The first-order chi connectivity index (χ1) is 12.2. The molecular weight excluding hydrogens is 340 g/mol. The molecule has 0 radical (unpaired) electrons. The minimum absolute atomic E-state index is 0.305. The molecule has 0 aliphatic carbocycles. The van der Waals surface area contributed by atoms with E-state index >= 15 is 0 Å². The third-order valence-corrected chi connectivity index (χ3v) is 5.57. The van der Waals surface area contributed by atoms with E-state index in [1.807, 2.05) is 60.7 Å². The Kier molecular flexibility index (Phi) is 5.08. The molecule has 2 heterocycles. The van der Waals surface area contributed by atoms with Crippen molar-refractivity contribution in [3.05, 3.63) is 66.2 Å².